The van der Waals surface area contributed by atoms with E-state index in [1.807, 2.05) is 36.4 Å². The number of aliphatic carboxylic acids is 1. The maximum Gasteiger partial charge on any atom is 0.407 e. The van der Waals surface area contributed by atoms with Crippen LogP contribution in [0.25, 0.3) is 11.1 Å². The topological polar surface area (TPSA) is 105 Å². The van der Waals surface area contributed by atoms with E-state index in [-0.39, 0.29) is 38.0 Å². The highest BCUT2D eigenvalue weighted by Crippen LogP contribution is 2.44. The number of nitrogens with zero attached hydrogens (tertiary/aromatic N) is 1. The van der Waals surface area contributed by atoms with Crippen molar-refractivity contribution in [1.29, 1.82) is 0 Å². The van der Waals surface area contributed by atoms with Crippen LogP contribution in [0.2, 0.25) is 0 Å². The van der Waals surface area contributed by atoms with Gasteiger partial charge in [0, 0.05) is 12.5 Å². The summed E-state index contributed by atoms with van der Waals surface area (Å²) in [7, 11) is 0. The van der Waals surface area contributed by atoms with Gasteiger partial charge in [-0.2, -0.15) is 0 Å². The summed E-state index contributed by atoms with van der Waals surface area (Å²) in [6.07, 6.45) is -0.889. The highest BCUT2D eigenvalue weighted by Gasteiger charge is 2.33. The fourth-order valence-electron chi connectivity index (χ4n) is 4.44. The number of carboxylic acids is 1. The third kappa shape index (κ3) is 4.45. The summed E-state index contributed by atoms with van der Waals surface area (Å²) >= 11 is 0. The molecule has 32 heavy (non-hydrogen) atoms. The minimum atomic E-state index is -1.00. The zero-order valence-electron chi connectivity index (χ0n) is 17.8. The van der Waals surface area contributed by atoms with Crippen LogP contribution in [0, 0.1) is 0 Å². The molecule has 2 aromatic carbocycles. The summed E-state index contributed by atoms with van der Waals surface area (Å²) in [6.45, 7) is 2.50. The van der Waals surface area contributed by atoms with Crippen LogP contribution in [0.15, 0.2) is 48.5 Å². The average molecular weight is 438 g/mol. The summed E-state index contributed by atoms with van der Waals surface area (Å²) in [4.78, 5) is 37.8. The van der Waals surface area contributed by atoms with E-state index in [9.17, 15) is 14.4 Å². The van der Waals surface area contributed by atoms with E-state index >= 15 is 0 Å². The first-order valence-corrected chi connectivity index (χ1v) is 10.7. The quantitative estimate of drug-likeness (QED) is 0.718. The van der Waals surface area contributed by atoms with E-state index in [1.54, 1.807) is 6.92 Å². The molecule has 1 fully saturated rings. The smallest absolute Gasteiger partial charge is 0.407 e. The number of rotatable bonds is 6. The molecule has 1 saturated heterocycles. The highest BCUT2D eigenvalue weighted by atomic mass is 16.5. The van der Waals surface area contributed by atoms with Gasteiger partial charge in [0.15, 0.2) is 0 Å². The third-order valence-electron chi connectivity index (χ3n) is 5.97. The number of benzene rings is 2. The van der Waals surface area contributed by atoms with Crippen LogP contribution in [0.5, 0.6) is 0 Å². The zero-order chi connectivity index (χ0) is 22.7. The van der Waals surface area contributed by atoms with Gasteiger partial charge in [-0.05, 0) is 29.2 Å². The molecule has 2 N–H and O–H groups in total. The number of nitrogens with one attached hydrogen (secondary N) is 1. The normalized spacial score (nSPS) is 18.4. The van der Waals surface area contributed by atoms with Crippen LogP contribution >= 0.6 is 0 Å². The molecular formula is C24H26N2O6. The van der Waals surface area contributed by atoms with Crippen molar-refractivity contribution in [3.05, 3.63) is 59.7 Å². The van der Waals surface area contributed by atoms with E-state index in [1.165, 1.54) is 4.90 Å². The number of hydrogen-bond donors (Lipinski definition) is 2. The standard InChI is InChI=1S/C24H26N2O6/c1-15(23(29)26-10-11-31-13-16(26)12-22(27)28)25-24(30)32-14-21-19-8-4-2-6-17(19)18-7-3-5-9-20(18)21/h2-9,15-16,21H,10-14H2,1H3,(H,25,30)(H,27,28)/t15-,16?/m0/s1. The Balaban J connectivity index is 1.37. The molecule has 2 aromatic rings. The molecule has 8 nitrogen and oxygen atoms in total. The van der Waals surface area contributed by atoms with Crippen LogP contribution in [0.3, 0.4) is 0 Å². The Bertz CT molecular complexity index is 978. The van der Waals surface area contributed by atoms with Crippen molar-refractivity contribution in [2.45, 2.75) is 31.3 Å². The number of fused-ring (bicyclic) bond motifs is 3. The molecule has 2 aliphatic rings. The summed E-state index contributed by atoms with van der Waals surface area (Å²) in [5.74, 6) is -1.43. The molecule has 0 spiro atoms. The molecule has 2 amide bonds. The summed E-state index contributed by atoms with van der Waals surface area (Å²) in [5.41, 5.74) is 4.49. The van der Waals surface area contributed by atoms with Gasteiger partial charge in [0.2, 0.25) is 5.91 Å². The Morgan fingerprint density at radius 3 is 2.38 bits per heavy atom. The molecule has 0 bridgehead atoms. The van der Waals surface area contributed by atoms with Crippen molar-refractivity contribution in [3.63, 3.8) is 0 Å². The minimum absolute atomic E-state index is 0.0710. The Morgan fingerprint density at radius 1 is 1.12 bits per heavy atom. The molecule has 0 saturated carbocycles. The molecular weight excluding hydrogens is 412 g/mol. The molecule has 4 rings (SSSR count). The van der Waals surface area contributed by atoms with E-state index < -0.39 is 24.1 Å². The first-order chi connectivity index (χ1) is 15.5. The largest absolute Gasteiger partial charge is 0.481 e. The first kappa shape index (κ1) is 21.8. The first-order valence-electron chi connectivity index (χ1n) is 10.7. The van der Waals surface area contributed by atoms with E-state index in [0.29, 0.717) is 6.61 Å². The number of carbonyl (C=O) groups is 3. The maximum absolute atomic E-state index is 12.8. The van der Waals surface area contributed by atoms with Crippen LogP contribution in [0.4, 0.5) is 4.79 Å². The van der Waals surface area contributed by atoms with Gasteiger partial charge in [-0.25, -0.2) is 4.79 Å². The number of ether oxygens (including phenoxy) is 2. The van der Waals surface area contributed by atoms with Gasteiger partial charge in [-0.3, -0.25) is 9.59 Å². The number of alkyl carbamates (subject to hydrolysis) is 1. The molecule has 1 aliphatic heterocycles. The Morgan fingerprint density at radius 2 is 1.75 bits per heavy atom. The zero-order valence-corrected chi connectivity index (χ0v) is 17.8. The fraction of sp³-hybridized carbons (Fsp3) is 0.375. The van der Waals surface area contributed by atoms with Gasteiger partial charge in [0.1, 0.15) is 12.6 Å². The molecule has 168 valence electrons. The molecule has 1 heterocycles. The lowest BCUT2D eigenvalue weighted by Gasteiger charge is -2.36. The lowest BCUT2D eigenvalue weighted by molar-refractivity contribution is -0.147. The van der Waals surface area contributed by atoms with Crippen molar-refractivity contribution in [2.24, 2.45) is 0 Å². The Kier molecular flexibility index (Phi) is 6.41. The second-order valence-electron chi connectivity index (χ2n) is 8.05. The Labute approximate surface area is 186 Å². The van der Waals surface area contributed by atoms with Crippen molar-refractivity contribution >= 4 is 18.0 Å². The number of hydrogen-bond acceptors (Lipinski definition) is 5. The van der Waals surface area contributed by atoms with Crippen LogP contribution < -0.4 is 5.32 Å². The molecule has 0 radical (unpaired) electrons. The van der Waals surface area contributed by atoms with Crippen molar-refractivity contribution < 1.29 is 29.0 Å². The number of carboxylic acid groups (broad SMARTS) is 1. The lowest BCUT2D eigenvalue weighted by Crippen LogP contribution is -2.55. The summed E-state index contributed by atoms with van der Waals surface area (Å²) in [5, 5.41) is 11.7. The number of amides is 2. The predicted molar refractivity (Wildman–Crippen MR) is 116 cm³/mol. The van der Waals surface area contributed by atoms with E-state index in [4.69, 9.17) is 14.6 Å². The molecule has 2 atom stereocenters. The van der Waals surface area contributed by atoms with Crippen LogP contribution in [-0.2, 0) is 19.1 Å². The van der Waals surface area contributed by atoms with Gasteiger partial charge in [0.05, 0.1) is 25.7 Å². The number of morpholine rings is 1. The monoisotopic (exact) mass is 438 g/mol. The highest BCUT2D eigenvalue weighted by molar-refractivity contribution is 5.86. The third-order valence-corrected chi connectivity index (χ3v) is 5.97. The van der Waals surface area contributed by atoms with E-state index in [0.717, 1.165) is 22.3 Å². The fourth-order valence-corrected chi connectivity index (χ4v) is 4.44. The predicted octanol–water partition coefficient (Wildman–Crippen LogP) is 2.62. The van der Waals surface area contributed by atoms with Crippen LogP contribution in [-0.4, -0.2) is 66.4 Å². The van der Waals surface area contributed by atoms with E-state index in [2.05, 4.69) is 17.4 Å². The average Bonchev–Trinajstić information content (AvgIpc) is 3.11. The van der Waals surface area contributed by atoms with Crippen molar-refractivity contribution in [3.8, 4) is 11.1 Å². The maximum atomic E-state index is 12.8. The number of carbonyl (C=O) groups excluding carboxylic acids is 2. The molecule has 0 aromatic heterocycles. The summed E-state index contributed by atoms with van der Waals surface area (Å²) in [6, 6.07) is 14.7. The SMILES string of the molecule is C[C@H](NC(=O)OCC1c2ccccc2-c2ccccc21)C(=O)N1CCOCC1CC(=O)O. The van der Waals surface area contributed by atoms with Crippen molar-refractivity contribution in [2.75, 3.05) is 26.4 Å². The van der Waals surface area contributed by atoms with Gasteiger partial charge >= 0.3 is 12.1 Å². The second-order valence-corrected chi connectivity index (χ2v) is 8.05. The summed E-state index contributed by atoms with van der Waals surface area (Å²) < 4.78 is 10.8. The molecule has 8 heteroatoms. The molecule has 1 aliphatic carbocycles. The van der Waals surface area contributed by atoms with Crippen LogP contribution in [0.1, 0.15) is 30.4 Å². The van der Waals surface area contributed by atoms with Crippen molar-refractivity contribution in [1.82, 2.24) is 10.2 Å². The van der Waals surface area contributed by atoms with Gasteiger partial charge in [0.25, 0.3) is 0 Å². The minimum Gasteiger partial charge on any atom is -0.481 e. The van der Waals surface area contributed by atoms with Gasteiger partial charge in [-0.15, -0.1) is 0 Å². The lowest BCUT2D eigenvalue weighted by atomic mass is 9.98. The second kappa shape index (κ2) is 9.40. The Hall–Kier alpha value is -3.39. The van der Waals surface area contributed by atoms with Gasteiger partial charge < -0.3 is 24.8 Å². The van der Waals surface area contributed by atoms with Gasteiger partial charge in [-0.1, -0.05) is 48.5 Å². The molecule has 1 unspecified atom stereocenters.